The van der Waals surface area contributed by atoms with Crippen LogP contribution in [0.4, 0.5) is 0 Å². The van der Waals surface area contributed by atoms with Crippen LogP contribution in [0.1, 0.15) is 38.8 Å². The van der Waals surface area contributed by atoms with Crippen molar-refractivity contribution in [3.05, 3.63) is 18.0 Å². The van der Waals surface area contributed by atoms with E-state index in [1.807, 2.05) is 11.6 Å². The van der Waals surface area contributed by atoms with Crippen molar-refractivity contribution < 1.29 is 8.42 Å². The van der Waals surface area contributed by atoms with Crippen LogP contribution in [0.25, 0.3) is 0 Å². The Morgan fingerprint density at radius 3 is 2.76 bits per heavy atom. The molecule has 21 heavy (non-hydrogen) atoms. The summed E-state index contributed by atoms with van der Waals surface area (Å²) in [6, 6.07) is 1.80. The molecule has 2 rings (SSSR count). The molecule has 0 bridgehead atoms. The number of nitrogens with zero attached hydrogens (tertiary/aromatic N) is 2. The van der Waals surface area contributed by atoms with Crippen LogP contribution in [0.5, 0.6) is 0 Å². The fourth-order valence-corrected chi connectivity index (χ4v) is 4.41. The minimum Gasteiger partial charge on any atom is -0.352 e. The van der Waals surface area contributed by atoms with E-state index in [4.69, 9.17) is 0 Å². The Hall–Kier alpha value is -0.850. The van der Waals surface area contributed by atoms with Gasteiger partial charge in [0, 0.05) is 38.6 Å². The third-order valence-electron chi connectivity index (χ3n) is 4.28. The van der Waals surface area contributed by atoms with Gasteiger partial charge in [-0.05, 0) is 31.4 Å². The van der Waals surface area contributed by atoms with Gasteiger partial charge in [0.25, 0.3) is 0 Å². The second kappa shape index (κ2) is 6.94. The highest BCUT2D eigenvalue weighted by Crippen LogP contribution is 2.26. The average Bonchev–Trinajstić information content (AvgIpc) is 3.07. The Morgan fingerprint density at radius 2 is 2.14 bits per heavy atom. The molecule has 5 nitrogen and oxygen atoms in total. The van der Waals surface area contributed by atoms with Crippen molar-refractivity contribution in [1.29, 1.82) is 0 Å². The van der Waals surface area contributed by atoms with Crippen LogP contribution in [-0.2, 0) is 23.6 Å². The van der Waals surface area contributed by atoms with Gasteiger partial charge in [-0.1, -0.05) is 20.3 Å². The monoisotopic (exact) mass is 313 g/mol. The normalized spacial score (nSPS) is 20.2. The molecule has 0 spiro atoms. The topological polar surface area (TPSA) is 54.3 Å². The summed E-state index contributed by atoms with van der Waals surface area (Å²) in [5.41, 5.74) is 1.01. The molecule has 0 radical (unpaired) electrons. The van der Waals surface area contributed by atoms with Crippen LogP contribution in [0.2, 0.25) is 0 Å². The summed E-state index contributed by atoms with van der Waals surface area (Å²) in [5, 5.41) is 3.31. The van der Waals surface area contributed by atoms with Gasteiger partial charge in [-0.2, -0.15) is 4.31 Å². The van der Waals surface area contributed by atoms with Crippen LogP contribution < -0.4 is 5.32 Å². The SMILES string of the molecule is CCCNCc1cc(S(=O)(=O)N2CCC(CC)C2)cn1C. The van der Waals surface area contributed by atoms with E-state index in [2.05, 4.69) is 19.2 Å². The molecule has 0 aliphatic carbocycles. The highest BCUT2D eigenvalue weighted by molar-refractivity contribution is 7.89. The molecule has 2 heterocycles. The fourth-order valence-electron chi connectivity index (χ4n) is 2.78. The number of rotatable bonds is 7. The van der Waals surface area contributed by atoms with Crippen LogP contribution >= 0.6 is 0 Å². The van der Waals surface area contributed by atoms with Crippen LogP contribution in [0.3, 0.4) is 0 Å². The van der Waals surface area contributed by atoms with Gasteiger partial charge in [-0.25, -0.2) is 8.42 Å². The maximum Gasteiger partial charge on any atom is 0.244 e. The molecule has 1 aromatic rings. The molecular weight excluding hydrogens is 286 g/mol. The zero-order valence-corrected chi connectivity index (χ0v) is 14.1. The van der Waals surface area contributed by atoms with Crippen molar-refractivity contribution in [3.8, 4) is 0 Å². The highest BCUT2D eigenvalue weighted by Gasteiger charge is 2.32. The maximum absolute atomic E-state index is 12.7. The standard InChI is InChI=1S/C15H27N3O2S/c1-4-7-16-10-14-9-15(12-17(14)3)21(19,20)18-8-6-13(5-2)11-18/h9,12-13,16H,4-8,10-11H2,1-3H3. The number of hydrogen-bond donors (Lipinski definition) is 1. The van der Waals surface area contributed by atoms with Crippen molar-refractivity contribution in [2.75, 3.05) is 19.6 Å². The first-order valence-electron chi connectivity index (χ1n) is 7.85. The lowest BCUT2D eigenvalue weighted by atomic mass is 10.1. The predicted molar refractivity (Wildman–Crippen MR) is 84.6 cm³/mol. The predicted octanol–water partition coefficient (Wildman–Crippen LogP) is 1.95. The lowest BCUT2D eigenvalue weighted by Crippen LogP contribution is -2.28. The Morgan fingerprint density at radius 1 is 1.38 bits per heavy atom. The fraction of sp³-hybridized carbons (Fsp3) is 0.733. The van der Waals surface area contributed by atoms with Crippen LogP contribution in [0.15, 0.2) is 17.2 Å². The molecule has 1 unspecified atom stereocenters. The third kappa shape index (κ3) is 3.67. The molecule has 1 aliphatic rings. The summed E-state index contributed by atoms with van der Waals surface area (Å²) in [6.45, 7) is 7.21. The summed E-state index contributed by atoms with van der Waals surface area (Å²) in [5.74, 6) is 0.508. The van der Waals surface area contributed by atoms with E-state index in [1.54, 1.807) is 16.6 Å². The van der Waals surface area contributed by atoms with Crippen molar-refractivity contribution >= 4 is 10.0 Å². The zero-order chi connectivity index (χ0) is 15.5. The lowest BCUT2D eigenvalue weighted by molar-refractivity contribution is 0.453. The number of aryl methyl sites for hydroxylation is 1. The average molecular weight is 313 g/mol. The van der Waals surface area contributed by atoms with E-state index in [0.717, 1.165) is 31.5 Å². The van der Waals surface area contributed by atoms with Crippen molar-refractivity contribution in [2.24, 2.45) is 13.0 Å². The highest BCUT2D eigenvalue weighted by atomic mass is 32.2. The summed E-state index contributed by atoms with van der Waals surface area (Å²) >= 11 is 0. The van der Waals surface area contributed by atoms with Crippen molar-refractivity contribution in [2.45, 2.75) is 44.6 Å². The molecule has 0 saturated carbocycles. The first-order chi connectivity index (χ1) is 9.98. The molecule has 1 atom stereocenters. The van der Waals surface area contributed by atoms with E-state index >= 15 is 0 Å². The van der Waals surface area contributed by atoms with E-state index in [9.17, 15) is 8.42 Å². The molecule has 1 saturated heterocycles. The lowest BCUT2D eigenvalue weighted by Gasteiger charge is -2.15. The summed E-state index contributed by atoms with van der Waals surface area (Å²) in [6.07, 6.45) is 4.83. The number of nitrogens with one attached hydrogen (secondary N) is 1. The quantitative estimate of drug-likeness (QED) is 0.783. The summed E-state index contributed by atoms with van der Waals surface area (Å²) < 4.78 is 28.9. The van der Waals surface area contributed by atoms with Crippen molar-refractivity contribution in [1.82, 2.24) is 14.2 Å². The van der Waals surface area contributed by atoms with Crippen molar-refractivity contribution in [3.63, 3.8) is 0 Å². The van der Waals surface area contributed by atoms with Gasteiger partial charge >= 0.3 is 0 Å². The summed E-state index contributed by atoms with van der Waals surface area (Å²) in [7, 11) is -1.43. The molecular formula is C15H27N3O2S. The van der Waals surface area contributed by atoms with Gasteiger partial charge in [0.2, 0.25) is 10.0 Å². The first-order valence-corrected chi connectivity index (χ1v) is 9.29. The molecule has 6 heteroatoms. The number of sulfonamides is 1. The minimum absolute atomic E-state index is 0.426. The van der Waals surface area contributed by atoms with Gasteiger partial charge in [-0.3, -0.25) is 0 Å². The van der Waals surface area contributed by atoms with E-state index in [-0.39, 0.29) is 0 Å². The Labute approximate surface area is 128 Å². The number of aromatic nitrogens is 1. The maximum atomic E-state index is 12.7. The smallest absolute Gasteiger partial charge is 0.244 e. The molecule has 0 aromatic carbocycles. The van der Waals surface area contributed by atoms with Gasteiger partial charge < -0.3 is 9.88 Å². The van der Waals surface area contributed by atoms with Crippen LogP contribution in [0, 0.1) is 5.92 Å². The molecule has 1 aromatic heterocycles. The Bertz CT molecular complexity index is 565. The van der Waals surface area contributed by atoms with Gasteiger partial charge in [0.05, 0.1) is 0 Å². The van der Waals surface area contributed by atoms with E-state index < -0.39 is 10.0 Å². The number of hydrogen-bond acceptors (Lipinski definition) is 3. The van der Waals surface area contributed by atoms with Gasteiger partial charge in [0.15, 0.2) is 0 Å². The molecule has 120 valence electrons. The van der Waals surface area contributed by atoms with E-state index in [0.29, 0.717) is 30.4 Å². The second-order valence-electron chi connectivity index (χ2n) is 5.88. The largest absolute Gasteiger partial charge is 0.352 e. The minimum atomic E-state index is -3.33. The van der Waals surface area contributed by atoms with Crippen LogP contribution in [-0.4, -0.2) is 36.9 Å². The Kier molecular flexibility index (Phi) is 5.46. The molecule has 0 amide bonds. The molecule has 1 fully saturated rings. The third-order valence-corrected chi connectivity index (χ3v) is 6.11. The molecule has 1 N–H and O–H groups in total. The molecule has 1 aliphatic heterocycles. The Balaban J connectivity index is 2.12. The van der Waals surface area contributed by atoms with E-state index in [1.165, 1.54) is 0 Å². The zero-order valence-electron chi connectivity index (χ0n) is 13.3. The van der Waals surface area contributed by atoms with Gasteiger partial charge in [-0.15, -0.1) is 0 Å². The first kappa shape index (κ1) is 16.5. The van der Waals surface area contributed by atoms with Gasteiger partial charge in [0.1, 0.15) is 4.90 Å². The summed E-state index contributed by atoms with van der Waals surface area (Å²) in [4.78, 5) is 0.426. The second-order valence-corrected chi connectivity index (χ2v) is 7.82.